The Balaban J connectivity index is 1.19. The zero-order valence-corrected chi connectivity index (χ0v) is 18.2. The van der Waals surface area contributed by atoms with Crippen LogP contribution in [-0.2, 0) is 9.59 Å². The van der Waals surface area contributed by atoms with Gasteiger partial charge in [-0.2, -0.15) is 0 Å². The summed E-state index contributed by atoms with van der Waals surface area (Å²) in [5.41, 5.74) is 2.02. The van der Waals surface area contributed by atoms with E-state index in [1.807, 2.05) is 48.2 Å². The van der Waals surface area contributed by atoms with E-state index in [1.54, 1.807) is 22.5 Å². The third-order valence-corrected chi connectivity index (χ3v) is 7.25. The first kappa shape index (κ1) is 19.9. The molecular formula is C23H24N4O3S. The number of nitrogens with zero attached hydrogens (tertiary/aromatic N) is 4. The zero-order valence-electron chi connectivity index (χ0n) is 17.4. The summed E-state index contributed by atoms with van der Waals surface area (Å²) >= 11 is 1.56. The first-order valence-corrected chi connectivity index (χ1v) is 11.4. The summed E-state index contributed by atoms with van der Waals surface area (Å²) in [4.78, 5) is 29.3. The van der Waals surface area contributed by atoms with E-state index in [0.717, 1.165) is 39.9 Å². The SMILES string of the molecule is Cc1ccc(N2C[C@H](C(=O)N3CCC(c4nnc(-c5ccco5)s4)CC3)CC2=O)cc1. The molecule has 0 radical (unpaired) electrons. The fourth-order valence-corrected chi connectivity index (χ4v) is 5.33. The van der Waals surface area contributed by atoms with Gasteiger partial charge in [-0.15, -0.1) is 10.2 Å². The summed E-state index contributed by atoms with van der Waals surface area (Å²) in [5.74, 6) is 0.892. The predicted octanol–water partition coefficient (Wildman–Crippen LogP) is 3.87. The lowest BCUT2D eigenvalue weighted by Gasteiger charge is -2.32. The van der Waals surface area contributed by atoms with Gasteiger partial charge in [0.15, 0.2) is 10.8 Å². The van der Waals surface area contributed by atoms with Crippen LogP contribution in [0, 0.1) is 12.8 Å². The van der Waals surface area contributed by atoms with Crippen LogP contribution in [0.15, 0.2) is 47.1 Å². The van der Waals surface area contributed by atoms with E-state index < -0.39 is 0 Å². The van der Waals surface area contributed by atoms with Crippen LogP contribution < -0.4 is 4.90 Å². The molecule has 2 aliphatic rings. The molecule has 2 fully saturated rings. The number of furan rings is 1. The molecule has 4 heterocycles. The van der Waals surface area contributed by atoms with Crippen molar-refractivity contribution in [3.8, 4) is 10.8 Å². The van der Waals surface area contributed by atoms with Crippen molar-refractivity contribution in [3.05, 3.63) is 53.2 Å². The molecule has 0 unspecified atom stereocenters. The molecule has 2 amide bonds. The van der Waals surface area contributed by atoms with Crippen LogP contribution in [0.4, 0.5) is 5.69 Å². The highest BCUT2D eigenvalue weighted by molar-refractivity contribution is 7.14. The summed E-state index contributed by atoms with van der Waals surface area (Å²) in [6.45, 7) is 3.86. The van der Waals surface area contributed by atoms with Crippen molar-refractivity contribution in [1.29, 1.82) is 0 Å². The molecule has 2 aliphatic heterocycles. The normalized spacial score (nSPS) is 19.9. The summed E-state index contributed by atoms with van der Waals surface area (Å²) < 4.78 is 5.40. The molecule has 0 N–H and O–H groups in total. The van der Waals surface area contributed by atoms with Crippen molar-refractivity contribution in [3.63, 3.8) is 0 Å². The highest BCUT2D eigenvalue weighted by Crippen LogP contribution is 2.34. The van der Waals surface area contributed by atoms with E-state index in [4.69, 9.17) is 4.42 Å². The number of aromatic nitrogens is 2. The number of anilines is 1. The number of benzene rings is 1. The molecular weight excluding hydrogens is 412 g/mol. The second-order valence-electron chi connectivity index (χ2n) is 8.26. The number of carbonyl (C=O) groups excluding carboxylic acids is 2. The Bertz CT molecular complexity index is 1070. The van der Waals surface area contributed by atoms with Gasteiger partial charge in [0.05, 0.1) is 12.2 Å². The van der Waals surface area contributed by atoms with Gasteiger partial charge in [-0.1, -0.05) is 29.0 Å². The maximum Gasteiger partial charge on any atom is 0.228 e. The van der Waals surface area contributed by atoms with Gasteiger partial charge in [-0.3, -0.25) is 9.59 Å². The van der Waals surface area contributed by atoms with Crippen molar-refractivity contribution < 1.29 is 14.0 Å². The van der Waals surface area contributed by atoms with Crippen LogP contribution in [-0.4, -0.2) is 46.5 Å². The predicted molar refractivity (Wildman–Crippen MR) is 118 cm³/mol. The molecule has 1 aromatic carbocycles. The van der Waals surface area contributed by atoms with Gasteiger partial charge in [-0.25, -0.2) is 0 Å². The second-order valence-corrected chi connectivity index (χ2v) is 9.27. The number of hydrogen-bond acceptors (Lipinski definition) is 6. The Labute approximate surface area is 184 Å². The lowest BCUT2D eigenvalue weighted by Crippen LogP contribution is -2.42. The van der Waals surface area contributed by atoms with Crippen LogP contribution >= 0.6 is 11.3 Å². The van der Waals surface area contributed by atoms with Crippen LogP contribution in [0.25, 0.3) is 10.8 Å². The Morgan fingerprint density at radius 1 is 1.13 bits per heavy atom. The Morgan fingerprint density at radius 3 is 2.61 bits per heavy atom. The maximum absolute atomic E-state index is 13.1. The third kappa shape index (κ3) is 3.99. The Hall–Kier alpha value is -3.00. The number of amides is 2. The van der Waals surface area contributed by atoms with Crippen LogP contribution in [0.3, 0.4) is 0 Å². The number of rotatable bonds is 4. The van der Waals surface area contributed by atoms with E-state index in [-0.39, 0.29) is 24.2 Å². The fraction of sp³-hybridized carbons (Fsp3) is 0.391. The van der Waals surface area contributed by atoms with Gasteiger partial charge in [0.1, 0.15) is 5.01 Å². The third-order valence-electron chi connectivity index (χ3n) is 6.15. The number of piperidine rings is 1. The average Bonchev–Trinajstić information content (AvgIpc) is 3.55. The zero-order chi connectivity index (χ0) is 21.4. The molecule has 8 heteroatoms. The molecule has 2 aromatic heterocycles. The molecule has 0 bridgehead atoms. The van der Waals surface area contributed by atoms with Gasteiger partial charge in [0.2, 0.25) is 11.8 Å². The molecule has 0 saturated carbocycles. The smallest absolute Gasteiger partial charge is 0.228 e. The van der Waals surface area contributed by atoms with E-state index >= 15 is 0 Å². The maximum atomic E-state index is 13.1. The molecule has 7 nitrogen and oxygen atoms in total. The largest absolute Gasteiger partial charge is 0.462 e. The Morgan fingerprint density at radius 2 is 1.90 bits per heavy atom. The monoisotopic (exact) mass is 436 g/mol. The van der Waals surface area contributed by atoms with Crippen molar-refractivity contribution in [2.45, 2.75) is 32.1 Å². The van der Waals surface area contributed by atoms with Gasteiger partial charge in [0, 0.05) is 37.7 Å². The summed E-state index contributed by atoms with van der Waals surface area (Å²) in [6, 6.07) is 11.6. The van der Waals surface area contributed by atoms with E-state index in [9.17, 15) is 9.59 Å². The summed E-state index contributed by atoms with van der Waals surface area (Å²) in [6.07, 6.45) is 3.64. The molecule has 160 valence electrons. The molecule has 1 atom stereocenters. The minimum atomic E-state index is -0.266. The quantitative estimate of drug-likeness (QED) is 0.620. The van der Waals surface area contributed by atoms with Gasteiger partial charge in [-0.05, 0) is 44.0 Å². The minimum absolute atomic E-state index is 0.0244. The Kier molecular flexibility index (Phi) is 5.31. The second kappa shape index (κ2) is 8.26. The van der Waals surface area contributed by atoms with Crippen molar-refractivity contribution in [2.24, 2.45) is 5.92 Å². The van der Waals surface area contributed by atoms with E-state index in [1.165, 1.54) is 0 Å². The number of aryl methyl sites for hydroxylation is 1. The molecule has 5 rings (SSSR count). The first-order chi connectivity index (χ1) is 15.1. The van der Waals surface area contributed by atoms with Gasteiger partial charge >= 0.3 is 0 Å². The van der Waals surface area contributed by atoms with Gasteiger partial charge in [0.25, 0.3) is 0 Å². The highest BCUT2D eigenvalue weighted by Gasteiger charge is 2.38. The highest BCUT2D eigenvalue weighted by atomic mass is 32.1. The van der Waals surface area contributed by atoms with E-state index in [2.05, 4.69) is 10.2 Å². The lowest BCUT2D eigenvalue weighted by molar-refractivity contribution is -0.136. The molecule has 3 aromatic rings. The molecule has 31 heavy (non-hydrogen) atoms. The lowest BCUT2D eigenvalue weighted by atomic mass is 9.96. The molecule has 0 spiro atoms. The molecule has 0 aliphatic carbocycles. The molecule has 2 saturated heterocycles. The standard InChI is InChI=1S/C23H24N4O3S/c1-15-4-6-18(7-5-15)27-14-17(13-20(27)28)23(29)26-10-8-16(9-11-26)21-24-25-22(31-21)19-3-2-12-30-19/h2-7,12,16-17H,8-11,13-14H2,1H3/t17-/m1/s1. The van der Waals surface area contributed by atoms with Crippen molar-refractivity contribution >= 4 is 28.8 Å². The summed E-state index contributed by atoms with van der Waals surface area (Å²) in [5, 5.41) is 10.4. The van der Waals surface area contributed by atoms with Crippen LogP contribution in [0.2, 0.25) is 0 Å². The van der Waals surface area contributed by atoms with E-state index in [0.29, 0.717) is 25.6 Å². The van der Waals surface area contributed by atoms with Crippen LogP contribution in [0.5, 0.6) is 0 Å². The number of hydrogen-bond donors (Lipinski definition) is 0. The first-order valence-electron chi connectivity index (χ1n) is 10.6. The average molecular weight is 437 g/mol. The van der Waals surface area contributed by atoms with Gasteiger partial charge < -0.3 is 14.2 Å². The minimum Gasteiger partial charge on any atom is -0.462 e. The van der Waals surface area contributed by atoms with Crippen LogP contribution in [0.1, 0.15) is 35.8 Å². The van der Waals surface area contributed by atoms with Crippen molar-refractivity contribution in [1.82, 2.24) is 15.1 Å². The number of carbonyl (C=O) groups is 2. The van der Waals surface area contributed by atoms with Crippen molar-refractivity contribution in [2.75, 3.05) is 24.5 Å². The summed E-state index contributed by atoms with van der Waals surface area (Å²) in [7, 11) is 0. The fourth-order valence-electron chi connectivity index (χ4n) is 4.35. The number of likely N-dealkylation sites (tertiary alicyclic amines) is 1. The topological polar surface area (TPSA) is 79.5 Å².